The standard InChI is InChI=1S/C14H14N6OS/c1-10-17-18-19-20(10)12(9-11-5-3-2-4-6-11)13(21)16-14-15-7-8-22-14/h2-6,9H,7-8H2,1H3,(H,15,16,21). The number of aromatic nitrogens is 4. The molecule has 0 bridgehead atoms. The molecule has 112 valence electrons. The third kappa shape index (κ3) is 3.22. The number of hydrogen-bond donors (Lipinski definition) is 1. The van der Waals surface area contributed by atoms with Crippen LogP contribution in [0.2, 0.25) is 0 Å². The highest BCUT2D eigenvalue weighted by Gasteiger charge is 2.19. The Morgan fingerprint density at radius 3 is 2.82 bits per heavy atom. The maximum atomic E-state index is 12.6. The van der Waals surface area contributed by atoms with Gasteiger partial charge in [0.2, 0.25) is 0 Å². The molecule has 1 aliphatic heterocycles. The SMILES string of the molecule is Cc1nnnn1C(=Cc1ccccc1)C(=O)NC1=NCCS1. The van der Waals surface area contributed by atoms with Crippen molar-refractivity contribution in [2.75, 3.05) is 12.3 Å². The molecule has 0 saturated heterocycles. The lowest BCUT2D eigenvalue weighted by Crippen LogP contribution is -2.30. The molecule has 0 unspecified atom stereocenters. The molecular weight excluding hydrogens is 300 g/mol. The number of hydrogen-bond acceptors (Lipinski definition) is 6. The Morgan fingerprint density at radius 1 is 1.36 bits per heavy atom. The molecular formula is C14H14N6OS. The first kappa shape index (κ1) is 14.5. The van der Waals surface area contributed by atoms with E-state index in [9.17, 15) is 4.79 Å². The van der Waals surface area contributed by atoms with Crippen molar-refractivity contribution in [2.45, 2.75) is 6.92 Å². The van der Waals surface area contributed by atoms with E-state index in [-0.39, 0.29) is 5.91 Å². The summed E-state index contributed by atoms with van der Waals surface area (Å²) in [5, 5.41) is 14.8. The second-order valence-electron chi connectivity index (χ2n) is 4.57. The molecule has 1 aromatic heterocycles. The summed E-state index contributed by atoms with van der Waals surface area (Å²) in [6.45, 7) is 2.47. The van der Waals surface area contributed by atoms with Gasteiger partial charge in [0, 0.05) is 5.75 Å². The van der Waals surface area contributed by atoms with Crippen LogP contribution in [0.15, 0.2) is 35.3 Å². The number of benzene rings is 1. The fourth-order valence-corrected chi connectivity index (χ4v) is 2.68. The Hall–Kier alpha value is -2.48. The van der Waals surface area contributed by atoms with Crippen LogP contribution in [0.1, 0.15) is 11.4 Å². The summed E-state index contributed by atoms with van der Waals surface area (Å²) in [6, 6.07) is 9.56. The number of nitrogens with one attached hydrogen (secondary N) is 1. The van der Waals surface area contributed by atoms with Crippen LogP contribution in [0.4, 0.5) is 0 Å². The van der Waals surface area contributed by atoms with Gasteiger partial charge in [0.25, 0.3) is 5.91 Å². The van der Waals surface area contributed by atoms with Crippen LogP contribution < -0.4 is 5.32 Å². The monoisotopic (exact) mass is 314 g/mol. The van der Waals surface area contributed by atoms with Crippen LogP contribution in [0.3, 0.4) is 0 Å². The molecule has 8 heteroatoms. The van der Waals surface area contributed by atoms with Crippen LogP contribution in [-0.4, -0.2) is 43.6 Å². The molecule has 0 saturated carbocycles. The molecule has 1 amide bonds. The highest BCUT2D eigenvalue weighted by molar-refractivity contribution is 8.14. The lowest BCUT2D eigenvalue weighted by atomic mass is 10.2. The van der Waals surface area contributed by atoms with Crippen molar-refractivity contribution in [3.63, 3.8) is 0 Å². The molecule has 2 heterocycles. The van der Waals surface area contributed by atoms with Gasteiger partial charge in [-0.2, -0.15) is 4.68 Å². The lowest BCUT2D eigenvalue weighted by molar-refractivity contribution is -0.114. The van der Waals surface area contributed by atoms with Crippen LogP contribution in [0.5, 0.6) is 0 Å². The zero-order valence-corrected chi connectivity index (χ0v) is 12.7. The van der Waals surface area contributed by atoms with Gasteiger partial charge >= 0.3 is 0 Å². The van der Waals surface area contributed by atoms with Crippen molar-refractivity contribution in [3.8, 4) is 0 Å². The largest absolute Gasteiger partial charge is 0.300 e. The lowest BCUT2D eigenvalue weighted by Gasteiger charge is -2.09. The van der Waals surface area contributed by atoms with Gasteiger partial charge in [-0.05, 0) is 29.0 Å². The average molecular weight is 314 g/mol. The Labute approximate surface area is 131 Å². The molecule has 0 atom stereocenters. The summed E-state index contributed by atoms with van der Waals surface area (Å²) in [7, 11) is 0. The zero-order valence-electron chi connectivity index (χ0n) is 11.9. The van der Waals surface area contributed by atoms with Crippen LogP contribution in [-0.2, 0) is 4.79 Å². The molecule has 1 aliphatic rings. The summed E-state index contributed by atoms with van der Waals surface area (Å²) in [5.41, 5.74) is 1.24. The van der Waals surface area contributed by atoms with E-state index in [1.165, 1.54) is 16.4 Å². The second kappa shape index (κ2) is 6.52. The molecule has 0 aliphatic carbocycles. The first-order valence-corrected chi connectivity index (χ1v) is 7.73. The number of thioether (sulfide) groups is 1. The normalized spacial score (nSPS) is 14.8. The molecule has 0 spiro atoms. The fraction of sp³-hybridized carbons (Fsp3) is 0.214. The number of amidine groups is 1. The highest BCUT2D eigenvalue weighted by Crippen LogP contribution is 2.14. The van der Waals surface area contributed by atoms with Crippen molar-refractivity contribution in [1.29, 1.82) is 0 Å². The second-order valence-corrected chi connectivity index (χ2v) is 5.65. The summed E-state index contributed by atoms with van der Waals surface area (Å²) in [4.78, 5) is 16.8. The number of carbonyl (C=O) groups excluding carboxylic acids is 1. The number of carbonyl (C=O) groups is 1. The summed E-state index contributed by atoms with van der Waals surface area (Å²) in [6.07, 6.45) is 1.75. The van der Waals surface area contributed by atoms with Crippen LogP contribution >= 0.6 is 11.8 Å². The molecule has 1 N–H and O–H groups in total. The predicted molar refractivity (Wildman–Crippen MR) is 86.1 cm³/mol. The van der Waals surface area contributed by atoms with Gasteiger partial charge in [-0.3, -0.25) is 15.1 Å². The van der Waals surface area contributed by atoms with E-state index in [1.807, 2.05) is 30.3 Å². The molecule has 0 radical (unpaired) electrons. The van der Waals surface area contributed by atoms with E-state index in [2.05, 4.69) is 25.8 Å². The number of tetrazole rings is 1. The van der Waals surface area contributed by atoms with E-state index < -0.39 is 0 Å². The smallest absolute Gasteiger partial charge is 0.276 e. The number of nitrogens with zero attached hydrogens (tertiary/aromatic N) is 5. The van der Waals surface area contributed by atoms with E-state index in [0.717, 1.165) is 17.9 Å². The van der Waals surface area contributed by atoms with E-state index in [4.69, 9.17) is 0 Å². The maximum absolute atomic E-state index is 12.6. The molecule has 3 rings (SSSR count). The van der Waals surface area contributed by atoms with Gasteiger partial charge in [-0.1, -0.05) is 42.1 Å². The third-order valence-electron chi connectivity index (χ3n) is 3.00. The van der Waals surface area contributed by atoms with E-state index in [1.54, 1.807) is 13.0 Å². The Morgan fingerprint density at radius 2 is 2.18 bits per heavy atom. The van der Waals surface area contributed by atoms with E-state index >= 15 is 0 Å². The molecule has 7 nitrogen and oxygen atoms in total. The molecule has 0 fully saturated rings. The predicted octanol–water partition coefficient (Wildman–Crippen LogP) is 1.20. The van der Waals surface area contributed by atoms with Gasteiger partial charge in [0.15, 0.2) is 11.0 Å². The van der Waals surface area contributed by atoms with Crippen molar-refractivity contribution in [2.24, 2.45) is 4.99 Å². The first-order chi connectivity index (χ1) is 10.7. The third-order valence-corrected chi connectivity index (χ3v) is 3.89. The summed E-state index contributed by atoms with van der Waals surface area (Å²) >= 11 is 1.53. The minimum Gasteiger partial charge on any atom is -0.300 e. The Kier molecular flexibility index (Phi) is 4.29. The van der Waals surface area contributed by atoms with Gasteiger partial charge in [0.1, 0.15) is 5.70 Å². The first-order valence-electron chi connectivity index (χ1n) is 6.75. The Balaban J connectivity index is 1.94. The molecule has 2 aromatic rings. The quantitative estimate of drug-likeness (QED) is 0.860. The fourth-order valence-electron chi connectivity index (χ4n) is 1.96. The van der Waals surface area contributed by atoms with Crippen molar-refractivity contribution in [1.82, 2.24) is 25.5 Å². The molecule has 1 aromatic carbocycles. The average Bonchev–Trinajstić information content (AvgIpc) is 3.17. The molecule has 22 heavy (non-hydrogen) atoms. The summed E-state index contributed by atoms with van der Waals surface area (Å²) in [5.74, 6) is 1.14. The van der Waals surface area contributed by atoms with Crippen molar-refractivity contribution in [3.05, 3.63) is 41.7 Å². The Bertz CT molecular complexity index is 737. The maximum Gasteiger partial charge on any atom is 0.276 e. The number of aryl methyl sites for hydroxylation is 1. The van der Waals surface area contributed by atoms with Crippen molar-refractivity contribution < 1.29 is 4.79 Å². The van der Waals surface area contributed by atoms with E-state index in [0.29, 0.717) is 16.7 Å². The van der Waals surface area contributed by atoms with Gasteiger partial charge < -0.3 is 0 Å². The summed E-state index contributed by atoms with van der Waals surface area (Å²) < 4.78 is 1.42. The topological polar surface area (TPSA) is 85.1 Å². The number of aliphatic imine (C=N–C) groups is 1. The van der Waals surface area contributed by atoms with Crippen molar-refractivity contribution >= 4 is 34.6 Å². The number of amides is 1. The zero-order chi connectivity index (χ0) is 15.4. The number of rotatable bonds is 3. The van der Waals surface area contributed by atoms with Crippen LogP contribution in [0.25, 0.3) is 11.8 Å². The van der Waals surface area contributed by atoms with Gasteiger partial charge in [0.05, 0.1) is 6.54 Å². The minimum absolute atomic E-state index is 0.285. The van der Waals surface area contributed by atoms with Gasteiger partial charge in [-0.15, -0.1) is 5.10 Å². The minimum atomic E-state index is -0.285. The van der Waals surface area contributed by atoms with Gasteiger partial charge in [-0.25, -0.2) is 0 Å². The highest BCUT2D eigenvalue weighted by atomic mass is 32.2. The van der Waals surface area contributed by atoms with Crippen LogP contribution in [0, 0.1) is 6.92 Å².